The number of aryl methyl sites for hydroxylation is 2. The first-order chi connectivity index (χ1) is 6.29. The number of benzene rings is 1. The van der Waals surface area contributed by atoms with Crippen LogP contribution in [0.2, 0.25) is 5.02 Å². The van der Waals surface area contributed by atoms with Crippen molar-refractivity contribution >= 4 is 31.3 Å². The zero-order valence-electron chi connectivity index (χ0n) is 7.84. The van der Waals surface area contributed by atoms with Crippen LogP contribution >= 0.6 is 22.3 Å². The van der Waals surface area contributed by atoms with Crippen LogP contribution in [0.1, 0.15) is 16.7 Å². The van der Waals surface area contributed by atoms with Crippen LogP contribution in [-0.2, 0) is 14.8 Å². The van der Waals surface area contributed by atoms with E-state index >= 15 is 0 Å². The minimum Gasteiger partial charge on any atom is -0.212 e. The molecule has 5 heteroatoms. The van der Waals surface area contributed by atoms with Crippen molar-refractivity contribution in [1.82, 2.24) is 0 Å². The van der Waals surface area contributed by atoms with E-state index < -0.39 is 9.05 Å². The summed E-state index contributed by atoms with van der Waals surface area (Å²) in [6.45, 7) is 3.72. The highest BCUT2D eigenvalue weighted by Gasteiger charge is 2.13. The Morgan fingerprint density at radius 1 is 1.29 bits per heavy atom. The molecule has 0 aliphatic rings. The van der Waals surface area contributed by atoms with Gasteiger partial charge < -0.3 is 0 Å². The van der Waals surface area contributed by atoms with Gasteiger partial charge in [-0.2, -0.15) is 0 Å². The molecule has 0 unspecified atom stereocenters. The molecule has 0 atom stereocenters. The molecule has 0 amide bonds. The third-order valence-electron chi connectivity index (χ3n) is 1.88. The van der Waals surface area contributed by atoms with Gasteiger partial charge in [0, 0.05) is 15.7 Å². The highest BCUT2D eigenvalue weighted by Crippen LogP contribution is 2.24. The molecule has 0 N–H and O–H groups in total. The summed E-state index contributed by atoms with van der Waals surface area (Å²) in [6.07, 6.45) is 0. The zero-order chi connectivity index (χ0) is 10.9. The molecule has 0 saturated carbocycles. The first-order valence-electron chi connectivity index (χ1n) is 3.97. The molecular weight excluding hydrogens is 243 g/mol. The molecule has 1 aromatic carbocycles. The predicted octanol–water partition coefficient (Wildman–Crippen LogP) is 3.03. The van der Waals surface area contributed by atoms with Gasteiger partial charge in [-0.05, 0) is 36.6 Å². The van der Waals surface area contributed by atoms with E-state index in [1.807, 2.05) is 19.9 Å². The summed E-state index contributed by atoms with van der Waals surface area (Å²) in [5.41, 5.74) is 2.43. The van der Waals surface area contributed by atoms with Gasteiger partial charge in [0.2, 0.25) is 9.05 Å². The third-order valence-corrected chi connectivity index (χ3v) is 3.18. The maximum atomic E-state index is 10.9. The Bertz CT molecular complexity index is 429. The van der Waals surface area contributed by atoms with Crippen LogP contribution in [0.4, 0.5) is 0 Å². The molecule has 0 aromatic heterocycles. The fourth-order valence-electron chi connectivity index (χ4n) is 1.30. The summed E-state index contributed by atoms with van der Waals surface area (Å²) >= 11 is 5.92. The molecule has 78 valence electrons. The molecule has 0 aliphatic heterocycles. The Hall–Kier alpha value is -0.250. The zero-order valence-corrected chi connectivity index (χ0v) is 10.2. The molecular formula is C9H10Cl2O2S. The van der Waals surface area contributed by atoms with Crippen LogP contribution < -0.4 is 0 Å². The Morgan fingerprint density at radius 2 is 1.86 bits per heavy atom. The standard InChI is InChI=1S/C9H10Cl2O2S/c1-6-3-7(2)8(9(10)4-6)5-14(11,12)13/h3-4H,5H2,1-2H3. The third kappa shape index (κ3) is 3.15. The second-order valence-corrected chi connectivity index (χ2v) is 6.41. The van der Waals surface area contributed by atoms with Crippen LogP contribution in [0.3, 0.4) is 0 Å². The largest absolute Gasteiger partial charge is 0.236 e. The van der Waals surface area contributed by atoms with Gasteiger partial charge in [-0.1, -0.05) is 17.7 Å². The fraction of sp³-hybridized carbons (Fsp3) is 0.333. The second-order valence-electron chi connectivity index (χ2n) is 3.23. The van der Waals surface area contributed by atoms with Crippen LogP contribution in [0, 0.1) is 13.8 Å². The molecule has 0 heterocycles. The Labute approximate surface area is 93.3 Å². The number of hydrogen-bond donors (Lipinski definition) is 0. The van der Waals surface area contributed by atoms with E-state index in [1.165, 1.54) is 0 Å². The lowest BCUT2D eigenvalue weighted by atomic mass is 10.1. The van der Waals surface area contributed by atoms with E-state index in [0.29, 0.717) is 10.6 Å². The monoisotopic (exact) mass is 252 g/mol. The lowest BCUT2D eigenvalue weighted by Gasteiger charge is -2.07. The van der Waals surface area contributed by atoms with E-state index in [9.17, 15) is 8.42 Å². The van der Waals surface area contributed by atoms with E-state index in [2.05, 4.69) is 0 Å². The van der Waals surface area contributed by atoms with Crippen molar-refractivity contribution in [2.24, 2.45) is 0 Å². The van der Waals surface area contributed by atoms with Crippen LogP contribution in [0.25, 0.3) is 0 Å². The smallest absolute Gasteiger partial charge is 0.212 e. The van der Waals surface area contributed by atoms with E-state index in [-0.39, 0.29) is 5.75 Å². The van der Waals surface area contributed by atoms with Gasteiger partial charge in [0.05, 0.1) is 5.75 Å². The van der Waals surface area contributed by atoms with Crippen LogP contribution in [-0.4, -0.2) is 8.42 Å². The average Bonchev–Trinajstić information content (AvgIpc) is 1.95. The molecule has 0 spiro atoms. The first kappa shape index (κ1) is 11.8. The maximum absolute atomic E-state index is 10.9. The molecule has 14 heavy (non-hydrogen) atoms. The number of hydrogen-bond acceptors (Lipinski definition) is 2. The van der Waals surface area contributed by atoms with Crippen molar-refractivity contribution in [3.05, 3.63) is 33.8 Å². The Morgan fingerprint density at radius 3 is 2.29 bits per heavy atom. The maximum Gasteiger partial charge on any atom is 0.236 e. The molecule has 2 nitrogen and oxygen atoms in total. The Kier molecular flexibility index (Phi) is 3.45. The SMILES string of the molecule is Cc1cc(C)c(CS(=O)(=O)Cl)c(Cl)c1. The minimum absolute atomic E-state index is 0.223. The molecule has 0 aliphatic carbocycles. The van der Waals surface area contributed by atoms with Crippen LogP contribution in [0.15, 0.2) is 12.1 Å². The normalized spacial score (nSPS) is 11.7. The predicted molar refractivity (Wildman–Crippen MR) is 59.4 cm³/mol. The minimum atomic E-state index is -3.55. The quantitative estimate of drug-likeness (QED) is 0.759. The topological polar surface area (TPSA) is 34.1 Å². The second kappa shape index (κ2) is 4.09. The van der Waals surface area contributed by atoms with Crippen molar-refractivity contribution in [3.8, 4) is 0 Å². The van der Waals surface area contributed by atoms with E-state index in [4.69, 9.17) is 22.3 Å². The summed E-state index contributed by atoms with van der Waals surface area (Å²) in [7, 11) is 1.62. The van der Waals surface area contributed by atoms with Gasteiger partial charge in [-0.15, -0.1) is 0 Å². The van der Waals surface area contributed by atoms with E-state index in [0.717, 1.165) is 11.1 Å². The lowest BCUT2D eigenvalue weighted by Crippen LogP contribution is -1.99. The first-order valence-corrected chi connectivity index (χ1v) is 6.83. The van der Waals surface area contributed by atoms with Gasteiger partial charge in [0.15, 0.2) is 0 Å². The van der Waals surface area contributed by atoms with Crippen molar-refractivity contribution in [3.63, 3.8) is 0 Å². The molecule has 0 saturated heterocycles. The van der Waals surface area contributed by atoms with Crippen molar-refractivity contribution in [1.29, 1.82) is 0 Å². The fourth-order valence-corrected chi connectivity index (χ4v) is 2.82. The average molecular weight is 253 g/mol. The molecule has 0 fully saturated rings. The van der Waals surface area contributed by atoms with Gasteiger partial charge in [0.1, 0.15) is 0 Å². The summed E-state index contributed by atoms with van der Waals surface area (Å²) in [5.74, 6) is -0.223. The Balaban J connectivity index is 3.22. The summed E-state index contributed by atoms with van der Waals surface area (Å²) in [4.78, 5) is 0. The molecule has 1 aromatic rings. The van der Waals surface area contributed by atoms with Crippen molar-refractivity contribution in [2.75, 3.05) is 0 Å². The van der Waals surface area contributed by atoms with Gasteiger partial charge in [-0.25, -0.2) is 8.42 Å². The summed E-state index contributed by atoms with van der Waals surface area (Å²) < 4.78 is 21.8. The molecule has 1 rings (SSSR count). The molecule has 0 radical (unpaired) electrons. The summed E-state index contributed by atoms with van der Waals surface area (Å²) in [5, 5.41) is 0.451. The highest BCUT2D eigenvalue weighted by atomic mass is 35.7. The van der Waals surface area contributed by atoms with Gasteiger partial charge in [0.25, 0.3) is 0 Å². The highest BCUT2D eigenvalue weighted by molar-refractivity contribution is 8.13. The van der Waals surface area contributed by atoms with E-state index in [1.54, 1.807) is 6.07 Å². The van der Waals surface area contributed by atoms with Gasteiger partial charge in [-0.3, -0.25) is 0 Å². The van der Waals surface area contributed by atoms with Crippen molar-refractivity contribution in [2.45, 2.75) is 19.6 Å². The van der Waals surface area contributed by atoms with Crippen LogP contribution in [0.5, 0.6) is 0 Å². The number of halogens is 2. The lowest BCUT2D eigenvalue weighted by molar-refractivity contribution is 0.608. The van der Waals surface area contributed by atoms with Gasteiger partial charge >= 0.3 is 0 Å². The molecule has 0 bridgehead atoms. The van der Waals surface area contributed by atoms with Crippen molar-refractivity contribution < 1.29 is 8.42 Å². The number of rotatable bonds is 2. The summed E-state index contributed by atoms with van der Waals surface area (Å²) in [6, 6.07) is 3.61.